The second-order valence-electron chi connectivity index (χ2n) is 24.5. The SMILES string of the molecule is CCCCCCCCCCCCCC(=O)OC[C@H](COP(=O)(O)OC[C@@H](O)COP(=O)(O)OC[C@@H](COC(=O)CCCCCCCCC)OC(=O)CCCCCCCCCCCC)OC(=O)CCCCCCCCCCCCCCCCC(C)CC. The zero-order valence-corrected chi connectivity index (χ0v) is 57.2. The standard InChI is InChI=1S/C67H130O17P2/c1-6-10-13-16-19-21-27-32-36-41-46-51-65(70)78-57-63(84-67(72)53-48-43-38-33-29-26-24-23-25-28-30-35-39-44-49-60(5)9-4)59-82-86(75,76)80-55-61(68)54-79-85(73,74)81-58-62(56-77-64(69)50-45-40-34-18-15-12-8-3)83-66(71)52-47-42-37-31-22-20-17-14-11-7-2/h60-63,68H,6-59H2,1-5H3,(H,73,74)(H,75,76)/t60?,61-,62+,63+/m0/s1. The molecule has 0 heterocycles. The number of aliphatic hydroxyl groups is 1. The fourth-order valence-electron chi connectivity index (χ4n) is 10.1. The van der Waals surface area contributed by atoms with E-state index in [1.807, 2.05) is 0 Å². The summed E-state index contributed by atoms with van der Waals surface area (Å²) >= 11 is 0. The molecule has 0 aliphatic rings. The van der Waals surface area contributed by atoms with Crippen LogP contribution in [-0.4, -0.2) is 96.7 Å². The number of phosphoric acid groups is 2. The lowest BCUT2D eigenvalue weighted by atomic mass is 9.99. The van der Waals surface area contributed by atoms with Crippen molar-refractivity contribution in [1.82, 2.24) is 0 Å². The van der Waals surface area contributed by atoms with Crippen molar-refractivity contribution in [1.29, 1.82) is 0 Å². The van der Waals surface area contributed by atoms with Gasteiger partial charge in [-0.1, -0.05) is 291 Å². The van der Waals surface area contributed by atoms with E-state index >= 15 is 0 Å². The van der Waals surface area contributed by atoms with E-state index in [0.29, 0.717) is 25.7 Å². The Balaban J connectivity index is 5.17. The van der Waals surface area contributed by atoms with Crippen LogP contribution in [0.2, 0.25) is 0 Å². The van der Waals surface area contributed by atoms with Gasteiger partial charge in [0.15, 0.2) is 12.2 Å². The van der Waals surface area contributed by atoms with Crippen molar-refractivity contribution in [3.8, 4) is 0 Å². The van der Waals surface area contributed by atoms with Gasteiger partial charge in [0.2, 0.25) is 0 Å². The van der Waals surface area contributed by atoms with Crippen LogP contribution in [0.5, 0.6) is 0 Å². The first-order chi connectivity index (χ1) is 41.6. The molecule has 0 amide bonds. The summed E-state index contributed by atoms with van der Waals surface area (Å²) in [5, 5.41) is 10.5. The maximum Gasteiger partial charge on any atom is 0.472 e. The fraction of sp³-hybridized carbons (Fsp3) is 0.940. The molecule has 0 aromatic carbocycles. The zero-order chi connectivity index (χ0) is 63.5. The lowest BCUT2D eigenvalue weighted by molar-refractivity contribution is -0.161. The fourth-order valence-corrected chi connectivity index (χ4v) is 11.7. The predicted molar refractivity (Wildman–Crippen MR) is 345 cm³/mol. The van der Waals surface area contributed by atoms with Crippen LogP contribution in [0.25, 0.3) is 0 Å². The Hall–Kier alpha value is -1.94. The average molecular weight is 1270 g/mol. The molecule has 0 fully saturated rings. The molecule has 510 valence electrons. The van der Waals surface area contributed by atoms with Gasteiger partial charge in [-0.2, -0.15) is 0 Å². The highest BCUT2D eigenvalue weighted by molar-refractivity contribution is 7.47. The van der Waals surface area contributed by atoms with Gasteiger partial charge in [0.1, 0.15) is 19.3 Å². The van der Waals surface area contributed by atoms with Crippen molar-refractivity contribution in [2.75, 3.05) is 39.6 Å². The van der Waals surface area contributed by atoms with Crippen molar-refractivity contribution >= 4 is 39.5 Å². The summed E-state index contributed by atoms with van der Waals surface area (Å²) in [6, 6.07) is 0. The number of phosphoric ester groups is 2. The van der Waals surface area contributed by atoms with E-state index in [0.717, 1.165) is 109 Å². The number of aliphatic hydroxyl groups excluding tert-OH is 1. The Kier molecular flexibility index (Phi) is 59.2. The summed E-state index contributed by atoms with van der Waals surface area (Å²) in [5.74, 6) is -1.29. The summed E-state index contributed by atoms with van der Waals surface area (Å²) in [7, 11) is -9.88. The topological polar surface area (TPSA) is 237 Å². The van der Waals surface area contributed by atoms with Crippen molar-refractivity contribution in [3.63, 3.8) is 0 Å². The highest BCUT2D eigenvalue weighted by atomic mass is 31.2. The van der Waals surface area contributed by atoms with Crippen molar-refractivity contribution < 1.29 is 80.2 Å². The Morgan fingerprint density at radius 1 is 0.326 bits per heavy atom. The van der Waals surface area contributed by atoms with Crippen molar-refractivity contribution in [2.24, 2.45) is 5.92 Å². The number of hydrogen-bond donors (Lipinski definition) is 3. The minimum Gasteiger partial charge on any atom is -0.462 e. The van der Waals surface area contributed by atoms with E-state index < -0.39 is 97.5 Å². The van der Waals surface area contributed by atoms with Gasteiger partial charge >= 0.3 is 39.5 Å². The summed E-state index contributed by atoms with van der Waals surface area (Å²) in [6.45, 7) is 7.22. The Labute approximate surface area is 524 Å². The third-order valence-electron chi connectivity index (χ3n) is 15.9. The molecule has 17 nitrogen and oxygen atoms in total. The van der Waals surface area contributed by atoms with Crippen LogP contribution in [0.4, 0.5) is 0 Å². The van der Waals surface area contributed by atoms with Crippen molar-refractivity contribution in [3.05, 3.63) is 0 Å². The first-order valence-electron chi connectivity index (χ1n) is 35.2. The van der Waals surface area contributed by atoms with Crippen LogP contribution in [-0.2, 0) is 65.4 Å². The molecule has 0 rings (SSSR count). The number of hydrogen-bond acceptors (Lipinski definition) is 15. The molecule has 0 bridgehead atoms. The highest BCUT2D eigenvalue weighted by Gasteiger charge is 2.30. The maximum atomic E-state index is 13.0. The van der Waals surface area contributed by atoms with E-state index in [9.17, 15) is 43.2 Å². The Bertz CT molecular complexity index is 1670. The summed E-state index contributed by atoms with van der Waals surface area (Å²) in [6.07, 6.45) is 45.8. The van der Waals surface area contributed by atoms with E-state index in [1.165, 1.54) is 154 Å². The Morgan fingerprint density at radius 2 is 0.558 bits per heavy atom. The molecule has 0 aliphatic heterocycles. The number of carbonyl (C=O) groups is 4. The van der Waals surface area contributed by atoms with Crippen LogP contribution >= 0.6 is 15.6 Å². The van der Waals surface area contributed by atoms with Gasteiger partial charge < -0.3 is 33.8 Å². The number of rotatable bonds is 67. The van der Waals surface area contributed by atoms with Gasteiger partial charge in [0.25, 0.3) is 0 Å². The normalized spacial score (nSPS) is 14.5. The predicted octanol–water partition coefficient (Wildman–Crippen LogP) is 19.0. The Morgan fingerprint density at radius 3 is 0.826 bits per heavy atom. The van der Waals surface area contributed by atoms with Gasteiger partial charge in [-0.05, 0) is 31.6 Å². The molecule has 0 radical (unpaired) electrons. The van der Waals surface area contributed by atoms with Gasteiger partial charge in [-0.15, -0.1) is 0 Å². The number of esters is 4. The first-order valence-corrected chi connectivity index (χ1v) is 38.2. The first kappa shape index (κ1) is 84.1. The molecular formula is C67H130O17P2. The largest absolute Gasteiger partial charge is 0.472 e. The quantitative estimate of drug-likeness (QED) is 0.0222. The molecule has 0 spiro atoms. The molecule has 0 saturated heterocycles. The maximum absolute atomic E-state index is 13.0. The minimum absolute atomic E-state index is 0.106. The van der Waals surface area contributed by atoms with E-state index in [2.05, 4.69) is 34.6 Å². The second-order valence-corrected chi connectivity index (χ2v) is 27.4. The average Bonchev–Trinajstić information content (AvgIpc) is 3.55. The molecule has 0 saturated carbocycles. The molecule has 0 aromatic rings. The van der Waals surface area contributed by atoms with E-state index in [1.54, 1.807) is 0 Å². The molecule has 86 heavy (non-hydrogen) atoms. The lowest BCUT2D eigenvalue weighted by Gasteiger charge is -2.21. The number of unbranched alkanes of at least 4 members (excludes halogenated alkanes) is 38. The molecule has 3 unspecified atom stereocenters. The van der Waals surface area contributed by atoms with Crippen LogP contribution < -0.4 is 0 Å². The van der Waals surface area contributed by atoms with Gasteiger partial charge in [-0.3, -0.25) is 37.3 Å². The van der Waals surface area contributed by atoms with E-state index in [4.69, 9.17) is 37.0 Å². The summed E-state index contributed by atoms with van der Waals surface area (Å²) in [4.78, 5) is 72.2. The zero-order valence-electron chi connectivity index (χ0n) is 55.4. The van der Waals surface area contributed by atoms with Crippen LogP contribution in [0.15, 0.2) is 0 Å². The highest BCUT2D eigenvalue weighted by Crippen LogP contribution is 2.45. The van der Waals surface area contributed by atoms with Crippen LogP contribution in [0.1, 0.15) is 343 Å². The molecule has 6 atom stereocenters. The summed E-state index contributed by atoms with van der Waals surface area (Å²) in [5.41, 5.74) is 0. The minimum atomic E-state index is -4.95. The molecule has 19 heteroatoms. The lowest BCUT2D eigenvalue weighted by Crippen LogP contribution is -2.30. The molecule has 0 aliphatic carbocycles. The molecular weight excluding hydrogens is 1140 g/mol. The second kappa shape index (κ2) is 60.6. The van der Waals surface area contributed by atoms with Gasteiger partial charge in [-0.25, -0.2) is 9.13 Å². The third-order valence-corrected chi connectivity index (χ3v) is 17.8. The number of ether oxygens (including phenoxy) is 4. The molecule has 0 aromatic heterocycles. The molecule has 3 N–H and O–H groups in total. The number of carbonyl (C=O) groups excluding carboxylic acids is 4. The smallest absolute Gasteiger partial charge is 0.462 e. The van der Waals surface area contributed by atoms with Gasteiger partial charge in [0, 0.05) is 25.7 Å². The van der Waals surface area contributed by atoms with Crippen molar-refractivity contribution in [2.45, 2.75) is 361 Å². The van der Waals surface area contributed by atoms with Gasteiger partial charge in [0.05, 0.1) is 26.4 Å². The van der Waals surface area contributed by atoms with Crippen LogP contribution in [0.3, 0.4) is 0 Å². The monoisotopic (exact) mass is 1270 g/mol. The van der Waals surface area contributed by atoms with E-state index in [-0.39, 0.29) is 25.7 Å². The third kappa shape index (κ3) is 59.7. The van der Waals surface area contributed by atoms with Crippen LogP contribution in [0, 0.1) is 5.92 Å². The summed E-state index contributed by atoms with van der Waals surface area (Å²) < 4.78 is 68.0.